The molecule has 0 aromatic carbocycles. The fourth-order valence-corrected chi connectivity index (χ4v) is 4.76. The number of carboxylic acid groups (broad SMARTS) is 1. The lowest BCUT2D eigenvalue weighted by atomic mass is 10.2. The molecule has 9 nitrogen and oxygen atoms in total. The summed E-state index contributed by atoms with van der Waals surface area (Å²) in [5.74, 6) is 0.434. The van der Waals surface area contributed by atoms with E-state index in [1.165, 1.54) is 12.3 Å². The lowest BCUT2D eigenvalue weighted by Gasteiger charge is -2.21. The third-order valence-electron chi connectivity index (χ3n) is 4.29. The van der Waals surface area contributed by atoms with Crippen molar-refractivity contribution >= 4 is 68.9 Å². The van der Waals surface area contributed by atoms with E-state index in [2.05, 4.69) is 10.3 Å². The zero-order valence-corrected chi connectivity index (χ0v) is 20.3. The van der Waals surface area contributed by atoms with Gasteiger partial charge in [-0.25, -0.2) is 14.6 Å². The van der Waals surface area contributed by atoms with E-state index < -0.39 is 23.8 Å². The van der Waals surface area contributed by atoms with Crippen LogP contribution in [0.1, 0.15) is 31.4 Å². The average Bonchev–Trinajstić information content (AvgIpc) is 3.32. The summed E-state index contributed by atoms with van der Waals surface area (Å²) in [5.41, 5.74) is -0.155. The zero-order valence-electron chi connectivity index (χ0n) is 17.9. The molecule has 3 aromatic rings. The number of halogens is 2. The Bertz CT molecular complexity index is 1170. The van der Waals surface area contributed by atoms with Gasteiger partial charge in [0.15, 0.2) is 0 Å². The molecule has 0 bridgehead atoms. The van der Waals surface area contributed by atoms with E-state index in [1.54, 1.807) is 32.9 Å². The Morgan fingerprint density at radius 1 is 1.39 bits per heavy atom. The van der Waals surface area contributed by atoms with Crippen molar-refractivity contribution in [1.29, 1.82) is 0 Å². The van der Waals surface area contributed by atoms with Crippen molar-refractivity contribution in [1.82, 2.24) is 10.3 Å². The molecule has 3 heterocycles. The van der Waals surface area contributed by atoms with E-state index >= 15 is 0 Å². The molecule has 3 rings (SSSR count). The van der Waals surface area contributed by atoms with E-state index in [9.17, 15) is 19.5 Å². The van der Waals surface area contributed by atoms with Gasteiger partial charge >= 0.3 is 12.2 Å². The van der Waals surface area contributed by atoms with Crippen LogP contribution < -0.4 is 10.2 Å². The molecule has 2 amide bonds. The van der Waals surface area contributed by atoms with E-state index in [4.69, 9.17) is 32.4 Å². The first-order valence-electron chi connectivity index (χ1n) is 9.73. The Morgan fingerprint density at radius 2 is 2.12 bits per heavy atom. The van der Waals surface area contributed by atoms with Gasteiger partial charge in [0.1, 0.15) is 28.3 Å². The number of hydrogen-bond acceptors (Lipinski definition) is 7. The van der Waals surface area contributed by atoms with Gasteiger partial charge in [0, 0.05) is 17.4 Å². The maximum atomic E-state index is 12.1. The third kappa shape index (κ3) is 6.16. The van der Waals surface area contributed by atoms with Crippen LogP contribution in [0.5, 0.6) is 0 Å². The molecule has 0 aliphatic carbocycles. The number of aldehydes is 1. The first-order chi connectivity index (χ1) is 15.5. The van der Waals surface area contributed by atoms with Crippen molar-refractivity contribution in [2.24, 2.45) is 0 Å². The van der Waals surface area contributed by atoms with Crippen molar-refractivity contribution in [2.45, 2.75) is 45.4 Å². The highest BCUT2D eigenvalue weighted by molar-refractivity contribution is 7.20. The van der Waals surface area contributed by atoms with Crippen molar-refractivity contribution in [3.63, 3.8) is 0 Å². The fourth-order valence-electron chi connectivity index (χ4n) is 2.98. The second kappa shape index (κ2) is 9.98. The van der Waals surface area contributed by atoms with Crippen LogP contribution in [-0.4, -0.2) is 40.2 Å². The van der Waals surface area contributed by atoms with Gasteiger partial charge in [-0.05, 0) is 32.9 Å². The number of alkyl carbamates (subject to hydrolysis) is 1. The van der Waals surface area contributed by atoms with Gasteiger partial charge in [0.2, 0.25) is 0 Å². The monoisotopic (exact) mass is 513 g/mol. The van der Waals surface area contributed by atoms with Crippen molar-refractivity contribution in [3.8, 4) is 0 Å². The Balaban J connectivity index is 1.95. The number of carbonyl (C=O) groups is 3. The van der Waals surface area contributed by atoms with Crippen LogP contribution in [0.15, 0.2) is 28.9 Å². The summed E-state index contributed by atoms with van der Waals surface area (Å²) in [6, 6.07) is 3.82. The highest BCUT2D eigenvalue weighted by atomic mass is 35.5. The third-order valence-corrected chi connectivity index (χ3v) is 6.22. The normalized spacial score (nSPS) is 12.4. The van der Waals surface area contributed by atoms with E-state index in [0.717, 1.165) is 16.2 Å². The Morgan fingerprint density at radius 3 is 2.70 bits per heavy atom. The predicted molar refractivity (Wildman–Crippen MR) is 125 cm³/mol. The highest BCUT2D eigenvalue weighted by Crippen LogP contribution is 2.42. The molecule has 0 spiro atoms. The molecule has 1 atom stereocenters. The molecule has 3 aromatic heterocycles. The van der Waals surface area contributed by atoms with Crippen LogP contribution in [0.2, 0.25) is 10.2 Å². The quantitative estimate of drug-likeness (QED) is 0.315. The molecule has 0 aliphatic heterocycles. The van der Waals surface area contributed by atoms with E-state index in [-0.39, 0.29) is 28.8 Å². The number of anilines is 1. The largest absolute Gasteiger partial charge is 0.467 e. The summed E-state index contributed by atoms with van der Waals surface area (Å²) in [4.78, 5) is 41.5. The van der Waals surface area contributed by atoms with Crippen LogP contribution in [0.3, 0.4) is 0 Å². The van der Waals surface area contributed by atoms with E-state index in [0.29, 0.717) is 27.1 Å². The molecule has 0 fully saturated rings. The van der Waals surface area contributed by atoms with Gasteiger partial charge in [0.25, 0.3) is 0 Å². The Labute approximate surface area is 203 Å². The summed E-state index contributed by atoms with van der Waals surface area (Å²) in [7, 11) is 0. The van der Waals surface area contributed by atoms with Crippen LogP contribution in [-0.2, 0) is 22.5 Å². The summed E-state index contributed by atoms with van der Waals surface area (Å²) in [6.45, 7) is 5.07. The first kappa shape index (κ1) is 24.8. The van der Waals surface area contributed by atoms with Crippen LogP contribution in [0, 0.1) is 0 Å². The van der Waals surface area contributed by atoms with Gasteiger partial charge in [-0.15, -0.1) is 11.3 Å². The number of nitrogens with one attached hydrogen (secondary N) is 1. The fraction of sp³-hybridized carbons (Fsp3) is 0.333. The Kier molecular flexibility index (Phi) is 7.51. The van der Waals surface area contributed by atoms with E-state index in [1.807, 2.05) is 0 Å². The summed E-state index contributed by atoms with van der Waals surface area (Å²) < 4.78 is 10.9. The maximum absolute atomic E-state index is 12.1. The van der Waals surface area contributed by atoms with Gasteiger partial charge in [-0.2, -0.15) is 0 Å². The molecule has 33 heavy (non-hydrogen) atoms. The number of ether oxygens (including phenoxy) is 1. The summed E-state index contributed by atoms with van der Waals surface area (Å²) >= 11 is 13.8. The predicted octanol–water partition coefficient (Wildman–Crippen LogP) is 5.52. The SMILES string of the molecule is CC(C)(C)OC(=O)NC(C=O)Cc1sc2c(N(Cc3ccco3)C(=O)O)cc(Cl)nc2c1Cl. The number of furan rings is 1. The molecular weight excluding hydrogens is 493 g/mol. The van der Waals surface area contributed by atoms with Crippen molar-refractivity contribution in [2.75, 3.05) is 4.90 Å². The van der Waals surface area contributed by atoms with Crippen LogP contribution in [0.4, 0.5) is 15.3 Å². The average molecular weight is 514 g/mol. The molecule has 0 radical (unpaired) electrons. The smallest absolute Gasteiger partial charge is 0.412 e. The van der Waals surface area contributed by atoms with Crippen LogP contribution >= 0.6 is 34.5 Å². The molecule has 12 heteroatoms. The number of thiophene rings is 1. The zero-order chi connectivity index (χ0) is 24.3. The van der Waals surface area contributed by atoms with Gasteiger partial charge in [-0.3, -0.25) is 4.90 Å². The maximum Gasteiger partial charge on any atom is 0.412 e. The lowest BCUT2D eigenvalue weighted by molar-refractivity contribution is -0.109. The number of pyridine rings is 1. The molecule has 176 valence electrons. The van der Waals surface area contributed by atoms with Gasteiger partial charge in [-0.1, -0.05) is 23.2 Å². The minimum Gasteiger partial charge on any atom is -0.467 e. The topological polar surface area (TPSA) is 122 Å². The highest BCUT2D eigenvalue weighted by Gasteiger charge is 2.26. The minimum atomic E-state index is -1.22. The molecule has 0 saturated heterocycles. The summed E-state index contributed by atoms with van der Waals surface area (Å²) in [5, 5.41) is 12.6. The lowest BCUT2D eigenvalue weighted by Crippen LogP contribution is -2.41. The molecular formula is C21H21Cl2N3O6S. The number of amides is 2. The number of carbonyl (C=O) groups excluding carboxylic acids is 2. The summed E-state index contributed by atoms with van der Waals surface area (Å²) in [6.07, 6.45) is 0.117. The number of rotatable bonds is 7. The van der Waals surface area contributed by atoms with Crippen molar-refractivity contribution in [3.05, 3.63) is 45.3 Å². The molecule has 0 saturated carbocycles. The minimum absolute atomic E-state index is 0.0493. The van der Waals surface area contributed by atoms with Crippen molar-refractivity contribution < 1.29 is 28.6 Å². The number of hydrogen-bond donors (Lipinski definition) is 2. The first-order valence-corrected chi connectivity index (χ1v) is 11.3. The van der Waals surface area contributed by atoms with Gasteiger partial charge < -0.3 is 24.4 Å². The molecule has 2 N–H and O–H groups in total. The van der Waals surface area contributed by atoms with Gasteiger partial charge in [0.05, 0.1) is 34.3 Å². The number of nitrogens with zero attached hydrogens (tertiary/aromatic N) is 2. The standard InChI is InChI=1S/C21H21Cl2N3O6S/c1-21(2,3)32-19(28)24-11(10-27)7-14-16(23)17-18(33-14)13(8-15(22)25-17)26(20(29)30)9-12-5-4-6-31-12/h4-6,8,10-11H,7,9H2,1-3H3,(H,24,28)(H,29,30). The second-order valence-electron chi connectivity index (χ2n) is 8.02. The van der Waals surface area contributed by atoms with Crippen LogP contribution in [0.25, 0.3) is 10.2 Å². The number of fused-ring (bicyclic) bond motifs is 1. The number of aromatic nitrogens is 1. The second-order valence-corrected chi connectivity index (χ2v) is 9.89. The Hall–Kier alpha value is -2.82. The molecule has 0 aliphatic rings. The molecule has 1 unspecified atom stereocenters.